The lowest BCUT2D eigenvalue weighted by atomic mass is 10.1. The first kappa shape index (κ1) is 15.3. The number of benzene rings is 1. The van der Waals surface area contributed by atoms with Gasteiger partial charge in [-0.1, -0.05) is 17.9 Å². The highest BCUT2D eigenvalue weighted by Gasteiger charge is 2.07. The number of halogens is 1. The minimum Gasteiger partial charge on any atom is -0.468 e. The standard InChI is InChI=1S/C17H18FNO2/c1-19(13-17-6-4-10-21-17)12-15-7-8-16(18)11-14(15)5-2-3-9-20/h4,6-8,10-11,20H,3,9,12-13H2,1H3. The van der Waals surface area contributed by atoms with Crippen molar-refractivity contribution in [1.29, 1.82) is 0 Å². The van der Waals surface area contributed by atoms with Crippen molar-refractivity contribution in [2.24, 2.45) is 0 Å². The van der Waals surface area contributed by atoms with Crippen molar-refractivity contribution < 1.29 is 13.9 Å². The van der Waals surface area contributed by atoms with E-state index in [9.17, 15) is 4.39 Å². The van der Waals surface area contributed by atoms with Gasteiger partial charge in [-0.25, -0.2) is 4.39 Å². The number of rotatable bonds is 5. The van der Waals surface area contributed by atoms with E-state index >= 15 is 0 Å². The molecule has 0 aliphatic rings. The van der Waals surface area contributed by atoms with Crippen LogP contribution in [0.5, 0.6) is 0 Å². The van der Waals surface area contributed by atoms with Gasteiger partial charge in [-0.2, -0.15) is 0 Å². The van der Waals surface area contributed by atoms with Crippen LogP contribution in [-0.2, 0) is 13.1 Å². The summed E-state index contributed by atoms with van der Waals surface area (Å²) in [5.74, 6) is 6.33. The van der Waals surface area contributed by atoms with Crippen molar-refractivity contribution >= 4 is 0 Å². The maximum atomic E-state index is 13.4. The summed E-state index contributed by atoms with van der Waals surface area (Å²) < 4.78 is 18.7. The fourth-order valence-electron chi connectivity index (χ4n) is 2.03. The molecule has 3 nitrogen and oxygen atoms in total. The predicted molar refractivity (Wildman–Crippen MR) is 78.9 cm³/mol. The molecule has 21 heavy (non-hydrogen) atoms. The van der Waals surface area contributed by atoms with Crippen LogP contribution < -0.4 is 0 Å². The molecule has 1 N–H and O–H groups in total. The fourth-order valence-corrected chi connectivity index (χ4v) is 2.03. The van der Waals surface area contributed by atoms with Gasteiger partial charge in [0.05, 0.1) is 19.4 Å². The zero-order chi connectivity index (χ0) is 15.1. The second-order valence-corrected chi connectivity index (χ2v) is 4.83. The predicted octanol–water partition coefficient (Wildman–Crippen LogP) is 2.78. The Kier molecular flexibility index (Phi) is 5.56. The van der Waals surface area contributed by atoms with Gasteiger partial charge in [0.15, 0.2) is 0 Å². The van der Waals surface area contributed by atoms with E-state index in [0.717, 1.165) is 11.3 Å². The van der Waals surface area contributed by atoms with Crippen LogP contribution in [0.3, 0.4) is 0 Å². The molecule has 4 heteroatoms. The van der Waals surface area contributed by atoms with Gasteiger partial charge >= 0.3 is 0 Å². The van der Waals surface area contributed by atoms with Crippen molar-refractivity contribution in [3.05, 3.63) is 59.3 Å². The van der Waals surface area contributed by atoms with Crippen LogP contribution in [-0.4, -0.2) is 23.7 Å². The Balaban J connectivity index is 2.10. The van der Waals surface area contributed by atoms with E-state index in [4.69, 9.17) is 9.52 Å². The molecule has 0 saturated carbocycles. The third kappa shape index (κ3) is 4.75. The van der Waals surface area contributed by atoms with Gasteiger partial charge < -0.3 is 9.52 Å². The molecular weight excluding hydrogens is 269 g/mol. The second kappa shape index (κ2) is 7.63. The molecule has 0 saturated heterocycles. The van der Waals surface area contributed by atoms with Crippen LogP contribution in [0.1, 0.15) is 23.3 Å². The van der Waals surface area contributed by atoms with Crippen LogP contribution in [0.25, 0.3) is 0 Å². The first-order valence-corrected chi connectivity index (χ1v) is 6.78. The van der Waals surface area contributed by atoms with Crippen LogP contribution in [0.2, 0.25) is 0 Å². The highest BCUT2D eigenvalue weighted by atomic mass is 19.1. The third-order valence-electron chi connectivity index (χ3n) is 2.98. The Morgan fingerprint density at radius 2 is 2.14 bits per heavy atom. The van der Waals surface area contributed by atoms with E-state index in [1.165, 1.54) is 12.1 Å². The number of nitrogens with zero attached hydrogens (tertiary/aromatic N) is 1. The minimum absolute atomic E-state index is 0.00997. The summed E-state index contributed by atoms with van der Waals surface area (Å²) in [6.07, 6.45) is 2.03. The smallest absolute Gasteiger partial charge is 0.124 e. The third-order valence-corrected chi connectivity index (χ3v) is 2.98. The molecule has 0 aliphatic heterocycles. The molecular formula is C17H18FNO2. The molecule has 0 spiro atoms. The van der Waals surface area contributed by atoms with Crippen molar-refractivity contribution in [3.63, 3.8) is 0 Å². The number of aliphatic hydroxyl groups is 1. The zero-order valence-corrected chi connectivity index (χ0v) is 12.0. The Labute approximate surface area is 124 Å². The number of hydrogen-bond donors (Lipinski definition) is 1. The molecule has 0 bridgehead atoms. The molecule has 1 aromatic heterocycles. The molecule has 110 valence electrons. The maximum absolute atomic E-state index is 13.4. The lowest BCUT2D eigenvalue weighted by Crippen LogP contribution is -2.17. The lowest BCUT2D eigenvalue weighted by Gasteiger charge is -2.16. The second-order valence-electron chi connectivity index (χ2n) is 4.83. The zero-order valence-electron chi connectivity index (χ0n) is 12.0. The summed E-state index contributed by atoms with van der Waals surface area (Å²) in [4.78, 5) is 2.07. The monoisotopic (exact) mass is 287 g/mol. The summed E-state index contributed by atoms with van der Waals surface area (Å²) in [6, 6.07) is 8.39. The molecule has 0 radical (unpaired) electrons. The van der Waals surface area contributed by atoms with E-state index < -0.39 is 0 Å². The first-order chi connectivity index (χ1) is 10.2. The van der Waals surface area contributed by atoms with Gasteiger partial charge in [-0.15, -0.1) is 0 Å². The first-order valence-electron chi connectivity index (χ1n) is 6.78. The number of furan rings is 1. The van der Waals surface area contributed by atoms with E-state index in [2.05, 4.69) is 16.7 Å². The SMILES string of the molecule is CN(Cc1ccco1)Cc1ccc(F)cc1C#CCCO. The van der Waals surface area contributed by atoms with E-state index in [1.807, 2.05) is 19.2 Å². The van der Waals surface area contributed by atoms with Crippen molar-refractivity contribution in [1.82, 2.24) is 4.90 Å². The highest BCUT2D eigenvalue weighted by molar-refractivity contribution is 5.41. The molecule has 2 rings (SSSR count). The van der Waals surface area contributed by atoms with Crippen LogP contribution >= 0.6 is 0 Å². The lowest BCUT2D eigenvalue weighted by molar-refractivity contribution is 0.287. The molecule has 0 unspecified atom stereocenters. The van der Waals surface area contributed by atoms with E-state index in [0.29, 0.717) is 25.1 Å². The van der Waals surface area contributed by atoms with Gasteiger partial charge in [-0.3, -0.25) is 4.90 Å². The van der Waals surface area contributed by atoms with Crippen LogP contribution in [0.15, 0.2) is 41.0 Å². The molecule has 0 atom stereocenters. The number of aliphatic hydroxyl groups excluding tert-OH is 1. The molecule has 2 aromatic rings. The molecule has 1 heterocycles. The number of hydrogen-bond acceptors (Lipinski definition) is 3. The average Bonchev–Trinajstić information content (AvgIpc) is 2.95. The largest absolute Gasteiger partial charge is 0.468 e. The van der Waals surface area contributed by atoms with Crippen molar-refractivity contribution in [2.75, 3.05) is 13.7 Å². The quantitative estimate of drug-likeness (QED) is 0.859. The topological polar surface area (TPSA) is 36.6 Å². The Morgan fingerprint density at radius 1 is 1.29 bits per heavy atom. The van der Waals surface area contributed by atoms with Gasteiger partial charge in [0.1, 0.15) is 11.6 Å². The van der Waals surface area contributed by atoms with Gasteiger partial charge in [0.2, 0.25) is 0 Å². The Morgan fingerprint density at radius 3 is 2.86 bits per heavy atom. The van der Waals surface area contributed by atoms with Gasteiger partial charge in [0.25, 0.3) is 0 Å². The molecule has 0 amide bonds. The van der Waals surface area contributed by atoms with E-state index in [-0.39, 0.29) is 12.4 Å². The fraction of sp³-hybridized carbons (Fsp3) is 0.294. The highest BCUT2D eigenvalue weighted by Crippen LogP contribution is 2.14. The normalized spacial score (nSPS) is 10.5. The average molecular weight is 287 g/mol. The van der Waals surface area contributed by atoms with Crippen molar-refractivity contribution in [3.8, 4) is 11.8 Å². The molecule has 1 aromatic carbocycles. The van der Waals surface area contributed by atoms with Gasteiger partial charge in [0, 0.05) is 18.5 Å². The summed E-state index contributed by atoms with van der Waals surface area (Å²) in [7, 11) is 1.97. The molecule has 0 aliphatic carbocycles. The summed E-state index contributed by atoms with van der Waals surface area (Å²) in [5.41, 5.74) is 1.62. The summed E-state index contributed by atoms with van der Waals surface area (Å²) in [6.45, 7) is 1.33. The summed E-state index contributed by atoms with van der Waals surface area (Å²) >= 11 is 0. The maximum Gasteiger partial charge on any atom is 0.124 e. The van der Waals surface area contributed by atoms with Crippen LogP contribution in [0, 0.1) is 17.7 Å². The molecule has 0 fully saturated rings. The van der Waals surface area contributed by atoms with E-state index in [1.54, 1.807) is 12.3 Å². The Bertz CT molecular complexity index is 626. The summed E-state index contributed by atoms with van der Waals surface area (Å²) in [5, 5.41) is 8.76. The Hall–Kier alpha value is -2.09. The van der Waals surface area contributed by atoms with Crippen molar-refractivity contribution in [2.45, 2.75) is 19.5 Å². The minimum atomic E-state index is -0.305. The van der Waals surface area contributed by atoms with Crippen LogP contribution in [0.4, 0.5) is 4.39 Å². The van der Waals surface area contributed by atoms with Gasteiger partial charge in [-0.05, 0) is 36.9 Å².